The predicted molar refractivity (Wildman–Crippen MR) is 78.5 cm³/mol. The average molecular weight is 358 g/mol. The summed E-state index contributed by atoms with van der Waals surface area (Å²) in [5, 5.41) is 0. The fourth-order valence-corrected chi connectivity index (χ4v) is 4.29. The third-order valence-electron chi connectivity index (χ3n) is 4.30. The van der Waals surface area contributed by atoms with Crippen LogP contribution in [-0.4, -0.2) is 68.7 Å². The van der Waals surface area contributed by atoms with Gasteiger partial charge >= 0.3 is 10.2 Å². The molecule has 126 valence electrons. The summed E-state index contributed by atoms with van der Waals surface area (Å²) in [6, 6.07) is 0. The Hall–Kier alpha value is -0.800. The molecule has 1 aliphatic heterocycles. The Kier molecular flexibility index (Phi) is 4.53. The predicted octanol–water partition coefficient (Wildman–Crippen LogP) is 0.976. The Balaban J connectivity index is 2.07. The molecule has 1 atom stereocenters. The number of Topliss-reactive ketones (excluding diaryl/α,β-unsaturated/α-hetero) is 1. The van der Waals surface area contributed by atoms with E-state index in [9.17, 15) is 22.0 Å². The van der Waals surface area contributed by atoms with E-state index in [4.69, 9.17) is 11.6 Å². The van der Waals surface area contributed by atoms with Gasteiger partial charge in [0.1, 0.15) is 6.34 Å². The van der Waals surface area contributed by atoms with Crippen molar-refractivity contribution in [3.63, 3.8) is 0 Å². The van der Waals surface area contributed by atoms with Gasteiger partial charge in [-0.2, -0.15) is 12.7 Å². The molecule has 1 aliphatic carbocycles. The van der Waals surface area contributed by atoms with Crippen molar-refractivity contribution in [2.75, 3.05) is 33.1 Å². The van der Waals surface area contributed by atoms with E-state index in [1.54, 1.807) is 14.1 Å². The van der Waals surface area contributed by atoms with Crippen molar-refractivity contribution in [2.45, 2.75) is 18.8 Å². The molecule has 6 nitrogen and oxygen atoms in total. The highest BCUT2D eigenvalue weighted by Gasteiger charge is 2.82. The van der Waals surface area contributed by atoms with Gasteiger partial charge in [-0.3, -0.25) is 4.79 Å². The van der Waals surface area contributed by atoms with Gasteiger partial charge in [0, 0.05) is 27.2 Å². The lowest BCUT2D eigenvalue weighted by molar-refractivity contribution is -0.120. The summed E-state index contributed by atoms with van der Waals surface area (Å²) in [6.45, 7) is -0.149. The number of hydrogen-bond acceptors (Lipinski definition) is 3. The minimum atomic E-state index is -3.88. The highest BCUT2D eigenvalue weighted by molar-refractivity contribution is 7.87. The summed E-state index contributed by atoms with van der Waals surface area (Å²) in [6.07, 6.45) is 1.01. The number of rotatable bonds is 5. The zero-order valence-electron chi connectivity index (χ0n) is 12.3. The van der Waals surface area contributed by atoms with Crippen molar-refractivity contribution >= 4 is 33.9 Å². The highest BCUT2D eigenvalue weighted by Crippen LogP contribution is 2.71. The fourth-order valence-electron chi connectivity index (χ4n) is 3.06. The molecule has 0 N–H and O–H groups in total. The SMILES string of the molecule is CN(C)/C=N/S(=O)(=O)N1CCC2(CC1)[C@H](C(=O)CCl)C2(F)F. The van der Waals surface area contributed by atoms with Crippen molar-refractivity contribution in [1.29, 1.82) is 0 Å². The maximum absolute atomic E-state index is 14.0. The molecule has 10 heteroatoms. The Morgan fingerprint density at radius 2 is 1.95 bits per heavy atom. The Bertz CT molecular complexity index is 586. The van der Waals surface area contributed by atoms with Crippen LogP contribution in [0.25, 0.3) is 0 Å². The van der Waals surface area contributed by atoms with Crippen molar-refractivity contribution < 1.29 is 22.0 Å². The Morgan fingerprint density at radius 3 is 2.41 bits per heavy atom. The van der Waals surface area contributed by atoms with E-state index < -0.39 is 39.1 Å². The van der Waals surface area contributed by atoms with Gasteiger partial charge in [0.2, 0.25) is 0 Å². The van der Waals surface area contributed by atoms with Crippen molar-refractivity contribution in [1.82, 2.24) is 9.21 Å². The fraction of sp³-hybridized carbons (Fsp3) is 0.833. The second kappa shape index (κ2) is 5.68. The van der Waals surface area contributed by atoms with Crippen LogP contribution in [0.1, 0.15) is 12.8 Å². The maximum atomic E-state index is 14.0. The molecule has 0 aromatic carbocycles. The number of ketones is 1. The summed E-state index contributed by atoms with van der Waals surface area (Å²) in [5.41, 5.74) is -1.43. The Morgan fingerprint density at radius 1 is 1.41 bits per heavy atom. The first-order chi connectivity index (χ1) is 10.1. The minimum Gasteiger partial charge on any atom is -0.368 e. The van der Waals surface area contributed by atoms with E-state index in [-0.39, 0.29) is 25.9 Å². The first-order valence-electron chi connectivity index (χ1n) is 6.77. The van der Waals surface area contributed by atoms with Crippen LogP contribution in [-0.2, 0) is 15.0 Å². The lowest BCUT2D eigenvalue weighted by Crippen LogP contribution is -2.40. The highest BCUT2D eigenvalue weighted by atomic mass is 35.5. The zero-order valence-corrected chi connectivity index (χ0v) is 13.9. The van der Waals surface area contributed by atoms with Crippen LogP contribution in [0.2, 0.25) is 0 Å². The molecule has 0 aromatic heterocycles. The van der Waals surface area contributed by atoms with Crippen LogP contribution in [0.3, 0.4) is 0 Å². The van der Waals surface area contributed by atoms with Crippen LogP contribution in [0.4, 0.5) is 8.78 Å². The molecule has 0 unspecified atom stereocenters. The van der Waals surface area contributed by atoms with Crippen molar-refractivity contribution in [3.8, 4) is 0 Å². The second-order valence-corrected chi connectivity index (χ2v) is 7.76. The number of hydrogen-bond donors (Lipinski definition) is 0. The number of halogens is 3. The van der Waals surface area contributed by atoms with E-state index in [2.05, 4.69) is 4.40 Å². The molecular weight excluding hydrogens is 340 g/mol. The molecule has 1 heterocycles. The molecule has 0 bridgehead atoms. The lowest BCUT2D eigenvalue weighted by atomic mass is 9.90. The van der Waals surface area contributed by atoms with E-state index in [0.717, 1.165) is 10.6 Å². The lowest BCUT2D eigenvalue weighted by Gasteiger charge is -2.30. The molecule has 1 spiro atoms. The third-order valence-corrected chi connectivity index (χ3v) is 5.94. The van der Waals surface area contributed by atoms with Crippen molar-refractivity contribution in [3.05, 3.63) is 0 Å². The van der Waals surface area contributed by atoms with E-state index in [1.165, 1.54) is 4.90 Å². The average Bonchev–Trinajstić information content (AvgIpc) is 2.91. The number of nitrogens with zero attached hydrogens (tertiary/aromatic N) is 3. The molecule has 0 aromatic rings. The van der Waals surface area contributed by atoms with Crippen LogP contribution in [0, 0.1) is 11.3 Å². The molecule has 1 saturated heterocycles. The van der Waals surface area contributed by atoms with Crippen LogP contribution < -0.4 is 0 Å². The summed E-state index contributed by atoms with van der Waals surface area (Å²) >= 11 is 5.38. The first kappa shape index (κ1) is 17.6. The van der Waals surface area contributed by atoms with Gasteiger partial charge in [0.05, 0.1) is 17.2 Å². The molecule has 2 rings (SSSR count). The monoisotopic (exact) mass is 357 g/mol. The molecule has 1 saturated carbocycles. The maximum Gasteiger partial charge on any atom is 0.323 e. The molecule has 2 aliphatic rings. The van der Waals surface area contributed by atoms with E-state index >= 15 is 0 Å². The number of piperidine rings is 1. The standard InChI is InChI=1S/C12H18ClF2N3O3S/c1-17(2)8-16-22(20,21)18-5-3-11(4-6-18)10(9(19)7-13)12(11,14)15/h8,10H,3-7H2,1-2H3/b16-8+/t10-/m0/s1. The van der Waals surface area contributed by atoms with Gasteiger partial charge in [-0.25, -0.2) is 8.78 Å². The number of carbonyl (C=O) groups excluding carboxylic acids is 1. The van der Waals surface area contributed by atoms with Gasteiger partial charge in [0.25, 0.3) is 5.92 Å². The van der Waals surface area contributed by atoms with Crippen LogP contribution >= 0.6 is 11.6 Å². The quantitative estimate of drug-likeness (QED) is 0.418. The summed E-state index contributed by atoms with van der Waals surface area (Å²) < 4.78 is 56.4. The topological polar surface area (TPSA) is 70.1 Å². The van der Waals surface area contributed by atoms with Gasteiger partial charge in [-0.1, -0.05) is 0 Å². The third kappa shape index (κ3) is 2.74. The largest absolute Gasteiger partial charge is 0.368 e. The summed E-state index contributed by atoms with van der Waals surface area (Å²) in [7, 11) is -0.631. The van der Waals surface area contributed by atoms with Gasteiger partial charge < -0.3 is 4.90 Å². The molecular formula is C12H18ClF2N3O3S. The first-order valence-corrected chi connectivity index (χ1v) is 8.70. The minimum absolute atomic E-state index is 0.0655. The van der Waals surface area contributed by atoms with Gasteiger partial charge in [-0.15, -0.1) is 16.0 Å². The number of carbonyl (C=O) groups is 1. The zero-order chi connectivity index (χ0) is 16.8. The number of alkyl halides is 3. The molecule has 2 fully saturated rings. The Labute approximate surface area is 133 Å². The van der Waals surface area contributed by atoms with Crippen LogP contribution in [0.5, 0.6) is 0 Å². The van der Waals surface area contributed by atoms with E-state index in [1.807, 2.05) is 0 Å². The van der Waals surface area contributed by atoms with Crippen LogP contribution in [0.15, 0.2) is 4.40 Å². The summed E-state index contributed by atoms with van der Waals surface area (Å²) in [5.74, 6) is -5.60. The molecule has 0 amide bonds. The second-order valence-electron chi connectivity index (χ2n) is 5.87. The smallest absolute Gasteiger partial charge is 0.323 e. The van der Waals surface area contributed by atoms with Gasteiger partial charge in [0.15, 0.2) is 5.78 Å². The summed E-state index contributed by atoms with van der Waals surface area (Å²) in [4.78, 5) is 13.0. The van der Waals surface area contributed by atoms with E-state index in [0.29, 0.717) is 0 Å². The van der Waals surface area contributed by atoms with Crippen molar-refractivity contribution in [2.24, 2.45) is 15.7 Å². The molecule has 0 radical (unpaired) electrons. The molecule has 22 heavy (non-hydrogen) atoms. The van der Waals surface area contributed by atoms with Gasteiger partial charge in [-0.05, 0) is 12.8 Å². The normalized spacial score (nSPS) is 27.2.